The van der Waals surface area contributed by atoms with Gasteiger partial charge in [0.15, 0.2) is 0 Å². The van der Waals surface area contributed by atoms with Gasteiger partial charge >= 0.3 is 5.97 Å². The molecule has 10 heteroatoms. The van der Waals surface area contributed by atoms with Crippen LogP contribution in [0.4, 0.5) is 8.78 Å². The molecule has 1 atom stereocenters. The molecule has 3 aromatic carbocycles. The number of furan rings is 1. The van der Waals surface area contributed by atoms with Crippen LogP contribution in [0.25, 0.3) is 22.1 Å². The van der Waals surface area contributed by atoms with Crippen LogP contribution in [0.5, 0.6) is 5.75 Å². The molecule has 0 amide bonds. The standard InChI is InChI=1S/C33H35F2NO6S/c1-6-40-30(37)18-23-10-7-8-13-29(23)42-20-22-16-24-14-15-41-32(24)27(17-22)25-11-9-12-26(31(25)35)28(19-34)36-43(38,39)21(2)33(3,4)5/h7-17,28,36H,2,6,18-20H2,1,3-5H3. The largest absolute Gasteiger partial charge is 0.489 e. The van der Waals surface area contributed by atoms with E-state index in [1.54, 1.807) is 64.1 Å². The number of carbonyl (C=O) groups is 1. The Morgan fingerprint density at radius 1 is 1.07 bits per heavy atom. The zero-order chi connectivity index (χ0) is 31.4. The van der Waals surface area contributed by atoms with E-state index in [4.69, 9.17) is 13.9 Å². The van der Waals surface area contributed by atoms with Gasteiger partial charge in [-0.05, 0) is 42.2 Å². The van der Waals surface area contributed by atoms with Crippen molar-refractivity contribution in [1.82, 2.24) is 4.72 Å². The van der Waals surface area contributed by atoms with Gasteiger partial charge in [-0.2, -0.15) is 0 Å². The monoisotopic (exact) mass is 611 g/mol. The number of rotatable bonds is 12. The van der Waals surface area contributed by atoms with Gasteiger partial charge in [0.1, 0.15) is 30.4 Å². The summed E-state index contributed by atoms with van der Waals surface area (Å²) in [5, 5.41) is 0.685. The molecule has 4 aromatic rings. The van der Waals surface area contributed by atoms with Gasteiger partial charge in [0.25, 0.3) is 0 Å². The molecule has 0 saturated carbocycles. The van der Waals surface area contributed by atoms with Crippen LogP contribution in [0.1, 0.15) is 50.4 Å². The lowest BCUT2D eigenvalue weighted by Gasteiger charge is -2.25. The summed E-state index contributed by atoms with van der Waals surface area (Å²) in [6, 6.07) is 15.3. The first kappa shape index (κ1) is 31.9. The van der Waals surface area contributed by atoms with Gasteiger partial charge in [-0.15, -0.1) is 0 Å². The van der Waals surface area contributed by atoms with E-state index in [1.165, 1.54) is 24.5 Å². The average Bonchev–Trinajstić information content (AvgIpc) is 3.43. The molecular formula is C33H35F2NO6S. The molecule has 1 N–H and O–H groups in total. The first-order valence-corrected chi connectivity index (χ1v) is 15.3. The van der Waals surface area contributed by atoms with Crippen LogP contribution in [-0.2, 0) is 32.6 Å². The molecule has 7 nitrogen and oxygen atoms in total. The predicted molar refractivity (Wildman–Crippen MR) is 162 cm³/mol. The number of nitrogens with one attached hydrogen (secondary N) is 1. The van der Waals surface area contributed by atoms with E-state index in [0.29, 0.717) is 33.4 Å². The lowest BCUT2D eigenvalue weighted by atomic mass is 9.96. The second-order valence-electron chi connectivity index (χ2n) is 11.1. The molecule has 0 saturated heterocycles. The third kappa shape index (κ3) is 7.32. The van der Waals surface area contributed by atoms with Crippen molar-refractivity contribution in [2.75, 3.05) is 13.3 Å². The van der Waals surface area contributed by atoms with Gasteiger partial charge in [-0.1, -0.05) is 63.7 Å². The molecule has 0 radical (unpaired) electrons. The highest BCUT2D eigenvalue weighted by atomic mass is 32.2. The van der Waals surface area contributed by atoms with E-state index in [1.807, 2.05) is 6.07 Å². The lowest BCUT2D eigenvalue weighted by molar-refractivity contribution is -0.142. The third-order valence-electron chi connectivity index (χ3n) is 6.92. The summed E-state index contributed by atoms with van der Waals surface area (Å²) < 4.78 is 75.3. The Bertz CT molecular complexity index is 1740. The topological polar surface area (TPSA) is 94.8 Å². The number of allylic oxidation sites excluding steroid dienone is 1. The van der Waals surface area contributed by atoms with E-state index in [-0.39, 0.29) is 41.6 Å². The molecule has 228 valence electrons. The van der Waals surface area contributed by atoms with Crippen molar-refractivity contribution in [2.24, 2.45) is 5.41 Å². The Morgan fingerprint density at radius 2 is 1.81 bits per heavy atom. The van der Waals surface area contributed by atoms with E-state index < -0.39 is 34.0 Å². The van der Waals surface area contributed by atoms with Gasteiger partial charge in [-0.3, -0.25) is 4.79 Å². The van der Waals surface area contributed by atoms with Crippen molar-refractivity contribution in [2.45, 2.75) is 46.8 Å². The zero-order valence-electron chi connectivity index (χ0n) is 24.6. The summed E-state index contributed by atoms with van der Waals surface area (Å²) in [6.45, 7) is 9.60. The molecule has 0 aliphatic carbocycles. The molecule has 0 spiro atoms. The summed E-state index contributed by atoms with van der Waals surface area (Å²) >= 11 is 0. The molecule has 1 unspecified atom stereocenters. The minimum Gasteiger partial charge on any atom is -0.489 e. The van der Waals surface area contributed by atoms with Crippen molar-refractivity contribution in [3.8, 4) is 16.9 Å². The summed E-state index contributed by atoms with van der Waals surface area (Å²) in [4.78, 5) is 11.9. The molecule has 4 rings (SSSR count). The maximum Gasteiger partial charge on any atom is 0.310 e. The molecule has 43 heavy (non-hydrogen) atoms. The molecule has 1 aromatic heterocycles. The van der Waals surface area contributed by atoms with Crippen LogP contribution < -0.4 is 9.46 Å². The van der Waals surface area contributed by atoms with Gasteiger partial charge in [0, 0.05) is 27.6 Å². The van der Waals surface area contributed by atoms with Crippen LogP contribution in [0.15, 0.2) is 82.8 Å². The fraction of sp³-hybridized carbons (Fsp3) is 0.303. The first-order chi connectivity index (χ1) is 20.4. The number of hydrogen-bond donors (Lipinski definition) is 1. The van der Waals surface area contributed by atoms with Crippen molar-refractivity contribution >= 4 is 27.0 Å². The molecule has 0 aliphatic heterocycles. The van der Waals surface area contributed by atoms with Crippen LogP contribution >= 0.6 is 0 Å². The SMILES string of the molecule is C=C(C(C)(C)C)S(=O)(=O)NC(CF)c1cccc(-c2cc(COc3ccccc3CC(=O)OCC)cc3ccoc23)c1F. The van der Waals surface area contributed by atoms with E-state index in [0.717, 1.165) is 0 Å². The Labute approximate surface area is 250 Å². The van der Waals surface area contributed by atoms with Gasteiger partial charge in [0.05, 0.1) is 30.2 Å². The van der Waals surface area contributed by atoms with Crippen molar-refractivity contribution < 1.29 is 35.9 Å². The summed E-state index contributed by atoms with van der Waals surface area (Å²) in [5.74, 6) is -0.648. The second-order valence-corrected chi connectivity index (χ2v) is 12.8. The number of halogens is 2. The highest BCUT2D eigenvalue weighted by Gasteiger charge is 2.31. The summed E-state index contributed by atoms with van der Waals surface area (Å²) in [5.41, 5.74) is 1.29. The maximum absolute atomic E-state index is 16.1. The van der Waals surface area contributed by atoms with E-state index in [2.05, 4.69) is 11.3 Å². The number of benzene rings is 3. The first-order valence-electron chi connectivity index (χ1n) is 13.8. The highest BCUT2D eigenvalue weighted by Crippen LogP contribution is 2.36. The molecule has 0 bridgehead atoms. The Balaban J connectivity index is 1.67. The minimum atomic E-state index is -4.17. The number of fused-ring (bicyclic) bond motifs is 1. The fourth-order valence-electron chi connectivity index (χ4n) is 4.61. The normalized spacial score (nSPS) is 12.7. The number of hydrogen-bond acceptors (Lipinski definition) is 6. The quantitative estimate of drug-likeness (QED) is 0.168. The number of esters is 1. The van der Waals surface area contributed by atoms with Gasteiger partial charge < -0.3 is 13.9 Å². The molecular weight excluding hydrogens is 576 g/mol. The van der Waals surface area contributed by atoms with Gasteiger partial charge in [0.2, 0.25) is 10.0 Å². The zero-order valence-corrected chi connectivity index (χ0v) is 25.4. The van der Waals surface area contributed by atoms with Gasteiger partial charge in [-0.25, -0.2) is 21.9 Å². The maximum atomic E-state index is 16.1. The van der Waals surface area contributed by atoms with Crippen molar-refractivity contribution in [3.63, 3.8) is 0 Å². The number of ether oxygens (including phenoxy) is 2. The number of para-hydroxylation sites is 1. The van der Waals surface area contributed by atoms with Crippen LogP contribution in [0, 0.1) is 11.2 Å². The third-order valence-corrected chi connectivity index (χ3v) is 8.78. The number of alkyl halides is 1. The van der Waals surface area contributed by atoms with Crippen LogP contribution in [0.2, 0.25) is 0 Å². The van der Waals surface area contributed by atoms with Crippen molar-refractivity contribution in [1.29, 1.82) is 0 Å². The Morgan fingerprint density at radius 3 is 2.51 bits per heavy atom. The number of sulfonamides is 1. The lowest BCUT2D eigenvalue weighted by Crippen LogP contribution is -2.34. The molecule has 0 aliphatic rings. The fourth-order valence-corrected chi connectivity index (χ4v) is 6.13. The average molecular weight is 612 g/mol. The second kappa shape index (κ2) is 13.1. The highest BCUT2D eigenvalue weighted by molar-refractivity contribution is 7.93. The van der Waals surface area contributed by atoms with Crippen molar-refractivity contribution in [3.05, 3.63) is 101 Å². The Kier molecular flexibility index (Phi) is 9.72. The predicted octanol–water partition coefficient (Wildman–Crippen LogP) is 7.41. The number of carbonyl (C=O) groups excluding carboxylic acids is 1. The minimum absolute atomic E-state index is 0.0522. The smallest absolute Gasteiger partial charge is 0.310 e. The van der Waals surface area contributed by atoms with Crippen LogP contribution in [-0.4, -0.2) is 27.7 Å². The Hall–Kier alpha value is -4.02. The van der Waals surface area contributed by atoms with Crippen LogP contribution in [0.3, 0.4) is 0 Å². The van der Waals surface area contributed by atoms with E-state index in [9.17, 15) is 17.6 Å². The molecule has 0 fully saturated rings. The summed E-state index contributed by atoms with van der Waals surface area (Å²) in [7, 11) is -4.17. The molecule has 1 heterocycles. The summed E-state index contributed by atoms with van der Waals surface area (Å²) in [6.07, 6.45) is 1.53. The van der Waals surface area contributed by atoms with E-state index >= 15 is 4.39 Å².